The molecule has 0 aliphatic carbocycles. The molecule has 2 N–H and O–H groups in total. The lowest BCUT2D eigenvalue weighted by molar-refractivity contribution is 0.205. The average Bonchev–Trinajstić information content (AvgIpc) is 2.42. The minimum absolute atomic E-state index is 0.116. The molecule has 0 saturated carbocycles. The second-order valence-electron chi connectivity index (χ2n) is 5.10. The van der Waals surface area contributed by atoms with Crippen LogP contribution < -0.4 is 5.32 Å². The zero-order chi connectivity index (χ0) is 14.1. The van der Waals surface area contributed by atoms with Crippen LogP contribution in [0.3, 0.4) is 0 Å². The molecule has 0 heterocycles. The third-order valence-electron chi connectivity index (χ3n) is 3.17. The Kier molecular flexibility index (Phi) is 7.16. The van der Waals surface area contributed by atoms with E-state index in [2.05, 4.69) is 50.0 Å². The van der Waals surface area contributed by atoms with E-state index in [1.807, 2.05) is 24.3 Å². The van der Waals surface area contributed by atoms with Crippen molar-refractivity contribution in [3.8, 4) is 0 Å². The number of benzene rings is 1. The second kappa shape index (κ2) is 8.68. The highest BCUT2D eigenvalue weighted by Gasteiger charge is 2.14. The zero-order valence-corrected chi connectivity index (χ0v) is 11.9. The molecule has 0 aliphatic rings. The smallest absolute Gasteiger partial charge is 0.0587 e. The molecule has 0 aliphatic heterocycles. The summed E-state index contributed by atoms with van der Waals surface area (Å²) in [6, 6.07) is 10.5. The molecule has 1 aromatic rings. The molecule has 0 aromatic heterocycles. The van der Waals surface area contributed by atoms with Crippen molar-refractivity contribution in [1.82, 2.24) is 5.32 Å². The molecule has 0 spiro atoms. The minimum Gasteiger partial charge on any atom is -0.395 e. The van der Waals surface area contributed by atoms with Crippen molar-refractivity contribution in [3.63, 3.8) is 0 Å². The third kappa shape index (κ3) is 5.86. The Labute approximate surface area is 116 Å². The number of nitrogens with one attached hydrogen (secondary N) is 1. The van der Waals surface area contributed by atoms with Gasteiger partial charge in [-0.25, -0.2) is 0 Å². The van der Waals surface area contributed by atoms with Crippen LogP contribution in [0.5, 0.6) is 0 Å². The monoisotopic (exact) mass is 259 g/mol. The van der Waals surface area contributed by atoms with Crippen molar-refractivity contribution in [1.29, 1.82) is 0 Å². The molecule has 2 heteroatoms. The van der Waals surface area contributed by atoms with Gasteiger partial charge in [0.05, 0.1) is 6.61 Å². The number of hydrogen-bond acceptors (Lipinski definition) is 2. The van der Waals surface area contributed by atoms with E-state index in [0.717, 1.165) is 6.42 Å². The van der Waals surface area contributed by atoms with E-state index in [9.17, 15) is 5.11 Å². The van der Waals surface area contributed by atoms with Crippen LogP contribution >= 0.6 is 0 Å². The van der Waals surface area contributed by atoms with Gasteiger partial charge in [-0.15, -0.1) is 6.58 Å². The summed E-state index contributed by atoms with van der Waals surface area (Å²) >= 11 is 0. The summed E-state index contributed by atoms with van der Waals surface area (Å²) < 4.78 is 0. The van der Waals surface area contributed by atoms with Gasteiger partial charge in [-0.3, -0.25) is 0 Å². The van der Waals surface area contributed by atoms with Crippen molar-refractivity contribution in [2.24, 2.45) is 5.92 Å². The quantitative estimate of drug-likeness (QED) is 0.702. The first-order chi connectivity index (χ1) is 9.17. The molecule has 0 amide bonds. The highest BCUT2D eigenvalue weighted by molar-refractivity contribution is 5.49. The summed E-state index contributed by atoms with van der Waals surface area (Å²) in [6.45, 7) is 8.18. The molecule has 2 nitrogen and oxygen atoms in total. The Morgan fingerprint density at radius 3 is 2.47 bits per heavy atom. The SMILES string of the molecule is C=CC[C@@H](/C=C/c1ccccc1)N[C@H](CO)C(C)C. The first-order valence-electron chi connectivity index (χ1n) is 6.88. The van der Waals surface area contributed by atoms with Crippen molar-refractivity contribution >= 4 is 6.08 Å². The molecular formula is C17H25NO. The Balaban J connectivity index is 2.67. The van der Waals surface area contributed by atoms with Gasteiger partial charge in [-0.05, 0) is 17.9 Å². The van der Waals surface area contributed by atoms with Gasteiger partial charge in [0, 0.05) is 12.1 Å². The van der Waals surface area contributed by atoms with Crippen molar-refractivity contribution < 1.29 is 5.11 Å². The average molecular weight is 259 g/mol. The number of rotatable bonds is 8. The summed E-state index contributed by atoms with van der Waals surface area (Å²) in [4.78, 5) is 0. The number of hydrogen-bond donors (Lipinski definition) is 2. The third-order valence-corrected chi connectivity index (χ3v) is 3.17. The maximum Gasteiger partial charge on any atom is 0.0587 e. The zero-order valence-electron chi connectivity index (χ0n) is 11.9. The lowest BCUT2D eigenvalue weighted by Crippen LogP contribution is -2.42. The van der Waals surface area contributed by atoms with E-state index in [1.165, 1.54) is 5.56 Å². The Morgan fingerprint density at radius 2 is 1.95 bits per heavy atom. The van der Waals surface area contributed by atoms with E-state index in [0.29, 0.717) is 5.92 Å². The minimum atomic E-state index is 0.116. The largest absolute Gasteiger partial charge is 0.395 e. The lowest BCUT2D eigenvalue weighted by atomic mass is 10.0. The lowest BCUT2D eigenvalue weighted by Gasteiger charge is -2.24. The van der Waals surface area contributed by atoms with E-state index < -0.39 is 0 Å². The van der Waals surface area contributed by atoms with E-state index in [1.54, 1.807) is 0 Å². The molecule has 0 fully saturated rings. The van der Waals surface area contributed by atoms with Crippen LogP contribution in [0.15, 0.2) is 49.1 Å². The van der Waals surface area contributed by atoms with Gasteiger partial charge in [-0.1, -0.05) is 62.4 Å². The van der Waals surface area contributed by atoms with Crippen molar-refractivity contribution in [2.45, 2.75) is 32.4 Å². The molecular weight excluding hydrogens is 234 g/mol. The predicted molar refractivity (Wildman–Crippen MR) is 82.9 cm³/mol. The molecule has 0 bridgehead atoms. The van der Waals surface area contributed by atoms with E-state index in [4.69, 9.17) is 0 Å². The normalized spacial score (nSPS) is 14.7. The Bertz CT molecular complexity index is 384. The van der Waals surface area contributed by atoms with Gasteiger partial charge in [-0.2, -0.15) is 0 Å². The molecule has 0 radical (unpaired) electrons. The van der Waals surface area contributed by atoms with E-state index >= 15 is 0 Å². The van der Waals surface area contributed by atoms with Crippen LogP contribution in [0.4, 0.5) is 0 Å². The maximum absolute atomic E-state index is 9.39. The van der Waals surface area contributed by atoms with Crippen LogP contribution in [0.2, 0.25) is 0 Å². The summed E-state index contributed by atoms with van der Waals surface area (Å²) in [5, 5.41) is 12.9. The summed E-state index contributed by atoms with van der Waals surface area (Å²) in [5.41, 5.74) is 1.18. The number of aliphatic hydroxyl groups is 1. The summed E-state index contributed by atoms with van der Waals surface area (Å²) in [5.74, 6) is 0.405. The fourth-order valence-electron chi connectivity index (χ4n) is 1.90. The molecule has 0 unspecified atom stereocenters. The van der Waals surface area contributed by atoms with Crippen LogP contribution in [0.1, 0.15) is 25.8 Å². The van der Waals surface area contributed by atoms with Crippen LogP contribution in [0.25, 0.3) is 6.08 Å². The number of aliphatic hydroxyl groups excluding tert-OH is 1. The first kappa shape index (κ1) is 15.7. The van der Waals surface area contributed by atoms with Gasteiger partial charge in [0.1, 0.15) is 0 Å². The fourth-order valence-corrected chi connectivity index (χ4v) is 1.90. The van der Waals surface area contributed by atoms with Gasteiger partial charge in [0.15, 0.2) is 0 Å². The fraction of sp³-hybridized carbons (Fsp3) is 0.412. The topological polar surface area (TPSA) is 32.3 Å². The molecule has 104 valence electrons. The van der Waals surface area contributed by atoms with Crippen molar-refractivity contribution in [3.05, 3.63) is 54.6 Å². The van der Waals surface area contributed by atoms with E-state index in [-0.39, 0.29) is 18.7 Å². The summed E-state index contributed by atoms with van der Waals surface area (Å²) in [7, 11) is 0. The second-order valence-corrected chi connectivity index (χ2v) is 5.10. The van der Waals surface area contributed by atoms with Crippen molar-refractivity contribution in [2.75, 3.05) is 6.61 Å². The first-order valence-corrected chi connectivity index (χ1v) is 6.88. The van der Waals surface area contributed by atoms with Crippen LogP contribution in [-0.2, 0) is 0 Å². The van der Waals surface area contributed by atoms with Crippen LogP contribution in [-0.4, -0.2) is 23.8 Å². The molecule has 0 saturated heterocycles. The molecule has 2 atom stereocenters. The predicted octanol–water partition coefficient (Wildman–Crippen LogP) is 3.25. The Hall–Kier alpha value is -1.38. The van der Waals surface area contributed by atoms with Gasteiger partial charge in [0.2, 0.25) is 0 Å². The van der Waals surface area contributed by atoms with Gasteiger partial charge < -0.3 is 10.4 Å². The van der Waals surface area contributed by atoms with Crippen LogP contribution in [0, 0.1) is 5.92 Å². The summed E-state index contributed by atoms with van der Waals surface area (Å²) in [6.07, 6.45) is 7.01. The molecule has 1 rings (SSSR count). The highest BCUT2D eigenvalue weighted by Crippen LogP contribution is 2.08. The Morgan fingerprint density at radius 1 is 1.26 bits per heavy atom. The highest BCUT2D eigenvalue weighted by atomic mass is 16.3. The van der Waals surface area contributed by atoms with Gasteiger partial charge in [0.25, 0.3) is 0 Å². The molecule has 19 heavy (non-hydrogen) atoms. The maximum atomic E-state index is 9.39. The standard InChI is InChI=1S/C17H25NO/c1-4-8-16(18-17(13-19)14(2)3)12-11-15-9-6-5-7-10-15/h4-7,9-12,14,16-19H,1,8,13H2,2-3H3/b12-11+/t16-,17+/m0/s1. The van der Waals surface area contributed by atoms with Gasteiger partial charge >= 0.3 is 0 Å². The molecule has 1 aromatic carbocycles.